The molecule has 2 nitrogen and oxygen atoms in total. The average Bonchev–Trinajstić information content (AvgIpc) is 2.87. The van der Waals surface area contributed by atoms with Crippen LogP contribution in [0.2, 0.25) is 0 Å². The van der Waals surface area contributed by atoms with E-state index in [1.165, 1.54) is 25.7 Å². The Morgan fingerprint density at radius 3 is 2.44 bits per heavy atom. The summed E-state index contributed by atoms with van der Waals surface area (Å²) in [4.78, 5) is 0. The van der Waals surface area contributed by atoms with Crippen LogP contribution in [0.4, 0.5) is 0 Å². The quantitative estimate of drug-likeness (QED) is 0.724. The molecule has 2 rings (SSSR count). The fourth-order valence-electron chi connectivity index (χ4n) is 2.50. The molecule has 0 N–H and O–H groups in total. The van der Waals surface area contributed by atoms with Gasteiger partial charge in [0.1, 0.15) is 11.5 Å². The lowest BCUT2D eigenvalue weighted by atomic mass is 9.90. The van der Waals surface area contributed by atoms with Gasteiger partial charge >= 0.3 is 0 Å². The summed E-state index contributed by atoms with van der Waals surface area (Å²) >= 11 is 3.64. The average molecular weight is 313 g/mol. The molecule has 0 heterocycles. The summed E-state index contributed by atoms with van der Waals surface area (Å²) < 4.78 is 11.4. The van der Waals surface area contributed by atoms with Crippen molar-refractivity contribution in [3.63, 3.8) is 0 Å². The molecule has 0 unspecified atom stereocenters. The molecule has 0 amide bonds. The molecule has 1 aromatic carbocycles. The van der Waals surface area contributed by atoms with Crippen molar-refractivity contribution in [2.45, 2.75) is 32.6 Å². The third kappa shape index (κ3) is 3.41. The van der Waals surface area contributed by atoms with E-state index < -0.39 is 0 Å². The highest BCUT2D eigenvalue weighted by Crippen LogP contribution is 2.40. The van der Waals surface area contributed by atoms with E-state index in [2.05, 4.69) is 15.9 Å². The van der Waals surface area contributed by atoms with Crippen molar-refractivity contribution in [3.8, 4) is 11.5 Å². The predicted octanol–water partition coefficient (Wildman–Crippen LogP) is 4.42. The van der Waals surface area contributed by atoms with Gasteiger partial charge < -0.3 is 9.47 Å². The topological polar surface area (TPSA) is 18.5 Å². The number of hydrogen-bond donors (Lipinski definition) is 0. The van der Waals surface area contributed by atoms with Gasteiger partial charge in [-0.05, 0) is 31.9 Å². The van der Waals surface area contributed by atoms with Gasteiger partial charge in [-0.25, -0.2) is 0 Å². The summed E-state index contributed by atoms with van der Waals surface area (Å²) in [6.07, 6.45) is 5.19. The number of benzene rings is 1. The van der Waals surface area contributed by atoms with Crippen LogP contribution in [0.1, 0.15) is 32.6 Å². The summed E-state index contributed by atoms with van der Waals surface area (Å²) in [5, 5.41) is 1.03. The molecule has 1 aromatic rings. The van der Waals surface area contributed by atoms with Crippen LogP contribution in [0.5, 0.6) is 11.5 Å². The fourth-order valence-corrected chi connectivity index (χ4v) is 3.22. The molecular weight excluding hydrogens is 292 g/mol. The van der Waals surface area contributed by atoms with Gasteiger partial charge in [-0.3, -0.25) is 0 Å². The van der Waals surface area contributed by atoms with Gasteiger partial charge in [0, 0.05) is 16.8 Å². The molecule has 1 aliphatic carbocycles. The van der Waals surface area contributed by atoms with Crippen molar-refractivity contribution in [2.75, 3.05) is 18.5 Å². The lowest BCUT2D eigenvalue weighted by Crippen LogP contribution is -2.26. The van der Waals surface area contributed by atoms with Crippen LogP contribution < -0.4 is 9.47 Å². The van der Waals surface area contributed by atoms with Gasteiger partial charge in [0.2, 0.25) is 0 Å². The molecular formula is C15H21BrO2. The smallest absolute Gasteiger partial charge is 0.123 e. The first-order valence-electron chi connectivity index (χ1n) is 6.70. The molecule has 1 fully saturated rings. The molecule has 0 spiro atoms. The van der Waals surface area contributed by atoms with Crippen LogP contribution in [0, 0.1) is 5.41 Å². The van der Waals surface area contributed by atoms with Crippen LogP contribution in [-0.2, 0) is 0 Å². The second kappa shape index (κ2) is 6.46. The fraction of sp³-hybridized carbons (Fsp3) is 0.600. The summed E-state index contributed by atoms with van der Waals surface area (Å²) in [5.74, 6) is 1.79. The van der Waals surface area contributed by atoms with E-state index in [0.717, 1.165) is 23.4 Å². The van der Waals surface area contributed by atoms with E-state index in [0.29, 0.717) is 12.0 Å². The first kappa shape index (κ1) is 13.7. The van der Waals surface area contributed by atoms with E-state index in [-0.39, 0.29) is 0 Å². The highest BCUT2D eigenvalue weighted by molar-refractivity contribution is 9.09. The molecule has 3 heteroatoms. The number of halogens is 1. The zero-order valence-electron chi connectivity index (χ0n) is 11.0. The zero-order chi connectivity index (χ0) is 12.8. The van der Waals surface area contributed by atoms with E-state index in [1.807, 2.05) is 31.2 Å². The first-order chi connectivity index (χ1) is 8.78. The minimum absolute atomic E-state index is 0.335. The van der Waals surface area contributed by atoms with Crippen molar-refractivity contribution in [1.29, 1.82) is 0 Å². The Labute approximate surface area is 118 Å². The van der Waals surface area contributed by atoms with Crippen LogP contribution >= 0.6 is 15.9 Å². The van der Waals surface area contributed by atoms with Gasteiger partial charge in [-0.2, -0.15) is 0 Å². The molecule has 0 bridgehead atoms. The molecule has 1 saturated carbocycles. The second-order valence-corrected chi connectivity index (χ2v) is 5.60. The van der Waals surface area contributed by atoms with E-state index >= 15 is 0 Å². The third-order valence-corrected chi connectivity index (χ3v) is 4.80. The van der Waals surface area contributed by atoms with E-state index in [9.17, 15) is 0 Å². The first-order valence-corrected chi connectivity index (χ1v) is 7.82. The van der Waals surface area contributed by atoms with Gasteiger partial charge in [0.05, 0.1) is 13.2 Å². The number of hydrogen-bond acceptors (Lipinski definition) is 2. The Hall–Kier alpha value is -0.700. The maximum atomic E-state index is 5.96. The molecule has 0 aromatic heterocycles. The van der Waals surface area contributed by atoms with Gasteiger partial charge in [0.15, 0.2) is 0 Å². The van der Waals surface area contributed by atoms with Gasteiger partial charge in [0.25, 0.3) is 0 Å². The minimum atomic E-state index is 0.335. The highest BCUT2D eigenvalue weighted by Gasteiger charge is 2.33. The van der Waals surface area contributed by atoms with Crippen LogP contribution in [0.15, 0.2) is 24.3 Å². The largest absolute Gasteiger partial charge is 0.494 e. The molecule has 0 aliphatic heterocycles. The van der Waals surface area contributed by atoms with Gasteiger partial charge in [-0.1, -0.05) is 34.8 Å². The van der Waals surface area contributed by atoms with Crippen LogP contribution in [0.3, 0.4) is 0 Å². The van der Waals surface area contributed by atoms with Crippen LogP contribution in [0.25, 0.3) is 0 Å². The second-order valence-electron chi connectivity index (χ2n) is 5.04. The maximum Gasteiger partial charge on any atom is 0.123 e. The highest BCUT2D eigenvalue weighted by atomic mass is 79.9. The molecule has 0 saturated heterocycles. The maximum absolute atomic E-state index is 5.96. The normalized spacial score (nSPS) is 17.7. The van der Waals surface area contributed by atoms with Crippen molar-refractivity contribution in [1.82, 2.24) is 0 Å². The zero-order valence-corrected chi connectivity index (χ0v) is 12.5. The Morgan fingerprint density at radius 1 is 1.17 bits per heavy atom. The minimum Gasteiger partial charge on any atom is -0.494 e. The lowest BCUT2D eigenvalue weighted by molar-refractivity contribution is 0.173. The van der Waals surface area contributed by atoms with E-state index in [1.54, 1.807) is 0 Å². The van der Waals surface area contributed by atoms with Crippen LogP contribution in [-0.4, -0.2) is 18.5 Å². The molecule has 0 radical (unpaired) electrons. The molecule has 100 valence electrons. The van der Waals surface area contributed by atoms with E-state index in [4.69, 9.17) is 9.47 Å². The summed E-state index contributed by atoms with van der Waals surface area (Å²) in [6.45, 7) is 3.48. The Kier molecular flexibility index (Phi) is 4.93. The Bertz CT molecular complexity index is 373. The Balaban J connectivity index is 1.94. The number of ether oxygens (including phenoxy) is 2. The standard InChI is InChI=1S/C15H21BrO2/c1-2-17-13-6-5-7-14(10-13)18-12-15(11-16)8-3-4-9-15/h5-7,10H,2-4,8-9,11-12H2,1H3. The predicted molar refractivity (Wildman–Crippen MR) is 77.8 cm³/mol. The van der Waals surface area contributed by atoms with Crippen molar-refractivity contribution < 1.29 is 9.47 Å². The monoisotopic (exact) mass is 312 g/mol. The summed E-state index contributed by atoms with van der Waals surface area (Å²) in [7, 11) is 0. The van der Waals surface area contributed by atoms with Crippen molar-refractivity contribution in [2.24, 2.45) is 5.41 Å². The number of alkyl halides is 1. The molecule has 18 heavy (non-hydrogen) atoms. The van der Waals surface area contributed by atoms with Crippen molar-refractivity contribution in [3.05, 3.63) is 24.3 Å². The SMILES string of the molecule is CCOc1cccc(OCC2(CBr)CCCC2)c1. The molecule has 0 atom stereocenters. The Morgan fingerprint density at radius 2 is 1.83 bits per heavy atom. The lowest BCUT2D eigenvalue weighted by Gasteiger charge is -2.26. The number of rotatable bonds is 6. The van der Waals surface area contributed by atoms with Crippen molar-refractivity contribution >= 4 is 15.9 Å². The third-order valence-electron chi connectivity index (χ3n) is 3.61. The molecule has 1 aliphatic rings. The van der Waals surface area contributed by atoms with Gasteiger partial charge in [-0.15, -0.1) is 0 Å². The summed E-state index contributed by atoms with van der Waals surface area (Å²) in [6, 6.07) is 7.92. The summed E-state index contributed by atoms with van der Waals surface area (Å²) in [5.41, 5.74) is 0.335.